The number of carbonyl (C=O) groups excluding carboxylic acids is 2. The molecule has 0 aromatic heterocycles. The number of carbonyl (C=O) groups is 2. The predicted molar refractivity (Wildman–Crippen MR) is 101 cm³/mol. The van der Waals surface area contributed by atoms with Gasteiger partial charge in [0.1, 0.15) is 0 Å². The first kappa shape index (κ1) is 19.9. The standard InChI is InChI=1S/C20H18F3N3O4/c21-20(22,23)13-1-3-14(4-2-13)25-19(28)24-9-12-7-18(27)26(10-12)15-5-6-16-17(8-15)30-11-29-16/h1-6,8,12H,7,9-11H2,(H2,24,25,28)/t12-/m0/s1. The van der Waals surface area contributed by atoms with Crippen molar-refractivity contribution in [2.45, 2.75) is 12.6 Å². The summed E-state index contributed by atoms with van der Waals surface area (Å²) < 4.78 is 48.3. The maximum Gasteiger partial charge on any atom is 0.416 e. The third-order valence-corrected chi connectivity index (χ3v) is 4.89. The number of halogens is 3. The molecule has 1 fully saturated rings. The zero-order valence-electron chi connectivity index (χ0n) is 15.7. The second-order valence-electron chi connectivity index (χ2n) is 7.02. The van der Waals surface area contributed by atoms with Gasteiger partial charge in [-0.05, 0) is 36.4 Å². The Morgan fingerprint density at radius 1 is 1.10 bits per heavy atom. The van der Waals surface area contributed by atoms with Crippen LogP contribution < -0.4 is 25.0 Å². The largest absolute Gasteiger partial charge is 0.454 e. The molecule has 30 heavy (non-hydrogen) atoms. The molecule has 1 atom stereocenters. The van der Waals surface area contributed by atoms with E-state index in [-0.39, 0.29) is 37.3 Å². The molecule has 0 spiro atoms. The summed E-state index contributed by atoms with van der Waals surface area (Å²) in [4.78, 5) is 26.0. The van der Waals surface area contributed by atoms with E-state index in [4.69, 9.17) is 9.47 Å². The highest BCUT2D eigenvalue weighted by Crippen LogP contribution is 2.37. The Kier molecular flexibility index (Phi) is 5.15. The Hall–Kier alpha value is -3.43. The van der Waals surface area contributed by atoms with Crippen LogP contribution in [0.5, 0.6) is 11.5 Å². The summed E-state index contributed by atoms with van der Waals surface area (Å²) in [6.45, 7) is 0.825. The molecule has 10 heteroatoms. The van der Waals surface area contributed by atoms with Crippen molar-refractivity contribution in [1.82, 2.24) is 5.32 Å². The van der Waals surface area contributed by atoms with Crippen molar-refractivity contribution in [3.8, 4) is 11.5 Å². The average Bonchev–Trinajstić information content (AvgIpc) is 3.31. The molecule has 4 rings (SSSR count). The highest BCUT2D eigenvalue weighted by Gasteiger charge is 2.32. The van der Waals surface area contributed by atoms with Gasteiger partial charge < -0.3 is 25.0 Å². The number of rotatable bonds is 4. The van der Waals surface area contributed by atoms with Crippen LogP contribution in [-0.2, 0) is 11.0 Å². The Labute approximate surface area is 169 Å². The molecule has 7 nitrogen and oxygen atoms in total. The van der Waals surface area contributed by atoms with Crippen LogP contribution in [0.2, 0.25) is 0 Å². The van der Waals surface area contributed by atoms with E-state index in [0.29, 0.717) is 23.7 Å². The summed E-state index contributed by atoms with van der Waals surface area (Å²) in [7, 11) is 0. The minimum absolute atomic E-state index is 0.0659. The van der Waals surface area contributed by atoms with Gasteiger partial charge in [-0.2, -0.15) is 13.2 Å². The molecule has 0 unspecified atom stereocenters. The predicted octanol–water partition coefficient (Wildman–Crippen LogP) is 3.61. The lowest BCUT2D eigenvalue weighted by Crippen LogP contribution is -2.34. The Morgan fingerprint density at radius 2 is 1.83 bits per heavy atom. The van der Waals surface area contributed by atoms with Gasteiger partial charge >= 0.3 is 12.2 Å². The molecular formula is C20H18F3N3O4. The topological polar surface area (TPSA) is 79.9 Å². The maximum absolute atomic E-state index is 12.6. The fraction of sp³-hybridized carbons (Fsp3) is 0.300. The lowest BCUT2D eigenvalue weighted by atomic mass is 10.1. The van der Waals surface area contributed by atoms with Crippen LogP contribution in [0, 0.1) is 5.92 Å². The lowest BCUT2D eigenvalue weighted by molar-refractivity contribution is -0.137. The summed E-state index contributed by atoms with van der Waals surface area (Å²) in [5.74, 6) is 1.05. The number of alkyl halides is 3. The van der Waals surface area contributed by atoms with Gasteiger partial charge in [0.25, 0.3) is 0 Å². The summed E-state index contributed by atoms with van der Waals surface area (Å²) in [5, 5.41) is 5.14. The van der Waals surface area contributed by atoms with E-state index in [0.717, 1.165) is 12.1 Å². The zero-order valence-corrected chi connectivity index (χ0v) is 15.7. The lowest BCUT2D eigenvalue weighted by Gasteiger charge is -2.17. The van der Waals surface area contributed by atoms with E-state index >= 15 is 0 Å². The van der Waals surface area contributed by atoms with Gasteiger partial charge in [-0.1, -0.05) is 0 Å². The van der Waals surface area contributed by atoms with E-state index in [1.165, 1.54) is 12.1 Å². The van der Waals surface area contributed by atoms with Crippen molar-refractivity contribution in [1.29, 1.82) is 0 Å². The summed E-state index contributed by atoms with van der Waals surface area (Å²) in [6, 6.07) is 8.87. The van der Waals surface area contributed by atoms with Gasteiger partial charge in [0.15, 0.2) is 11.5 Å². The number of anilines is 2. The maximum atomic E-state index is 12.6. The molecule has 1 saturated heterocycles. The second kappa shape index (κ2) is 7.77. The number of nitrogens with one attached hydrogen (secondary N) is 2. The van der Waals surface area contributed by atoms with Crippen molar-refractivity contribution in [3.05, 3.63) is 48.0 Å². The van der Waals surface area contributed by atoms with Gasteiger partial charge in [0.05, 0.1) is 5.56 Å². The molecule has 2 aromatic rings. The van der Waals surface area contributed by atoms with Crippen LogP contribution in [-0.4, -0.2) is 31.8 Å². The van der Waals surface area contributed by atoms with Gasteiger partial charge in [0.2, 0.25) is 12.7 Å². The number of ether oxygens (including phenoxy) is 2. The second-order valence-corrected chi connectivity index (χ2v) is 7.02. The van der Waals surface area contributed by atoms with Crippen molar-refractivity contribution < 1.29 is 32.2 Å². The molecule has 0 saturated carbocycles. The quantitative estimate of drug-likeness (QED) is 0.791. The van der Waals surface area contributed by atoms with Gasteiger partial charge in [-0.15, -0.1) is 0 Å². The average molecular weight is 421 g/mol. The third-order valence-electron chi connectivity index (χ3n) is 4.89. The van der Waals surface area contributed by atoms with Crippen LogP contribution in [0.1, 0.15) is 12.0 Å². The van der Waals surface area contributed by atoms with Crippen molar-refractivity contribution >= 4 is 23.3 Å². The van der Waals surface area contributed by atoms with Crippen LogP contribution in [0.4, 0.5) is 29.3 Å². The highest BCUT2D eigenvalue weighted by molar-refractivity contribution is 5.96. The van der Waals surface area contributed by atoms with E-state index in [1.54, 1.807) is 23.1 Å². The van der Waals surface area contributed by atoms with Gasteiger partial charge in [-0.3, -0.25) is 4.79 Å². The normalized spacial score (nSPS) is 17.9. The van der Waals surface area contributed by atoms with Gasteiger partial charge in [-0.25, -0.2) is 4.79 Å². The van der Waals surface area contributed by atoms with E-state index < -0.39 is 17.8 Å². The smallest absolute Gasteiger partial charge is 0.416 e. The third kappa shape index (κ3) is 4.27. The van der Waals surface area contributed by atoms with Crippen LogP contribution in [0.3, 0.4) is 0 Å². The monoisotopic (exact) mass is 421 g/mol. The van der Waals surface area contributed by atoms with Crippen LogP contribution in [0.25, 0.3) is 0 Å². The number of amides is 3. The number of benzene rings is 2. The van der Waals surface area contributed by atoms with E-state index in [2.05, 4.69) is 10.6 Å². The summed E-state index contributed by atoms with van der Waals surface area (Å²) >= 11 is 0. The molecule has 0 bridgehead atoms. The molecular weight excluding hydrogens is 403 g/mol. The molecule has 0 aliphatic carbocycles. The SMILES string of the molecule is O=C(NC[C@@H]1CC(=O)N(c2ccc3c(c2)OCO3)C1)Nc1ccc(C(F)(F)F)cc1. The molecule has 0 radical (unpaired) electrons. The van der Waals surface area contributed by atoms with E-state index in [1.807, 2.05) is 0 Å². The Balaban J connectivity index is 1.29. The molecule has 2 aliphatic rings. The molecule has 2 N–H and O–H groups in total. The minimum atomic E-state index is -4.43. The molecule has 158 valence electrons. The zero-order chi connectivity index (χ0) is 21.3. The number of hydrogen-bond donors (Lipinski definition) is 2. The first-order chi connectivity index (χ1) is 14.3. The number of urea groups is 1. The Morgan fingerprint density at radius 3 is 2.57 bits per heavy atom. The van der Waals surface area contributed by atoms with Gasteiger partial charge in [0, 0.05) is 42.9 Å². The highest BCUT2D eigenvalue weighted by atomic mass is 19.4. The summed E-state index contributed by atoms with van der Waals surface area (Å²) in [6.07, 6.45) is -4.16. The summed E-state index contributed by atoms with van der Waals surface area (Å²) in [5.41, 5.74) is 0.146. The molecule has 2 heterocycles. The van der Waals surface area contributed by atoms with E-state index in [9.17, 15) is 22.8 Å². The van der Waals surface area contributed by atoms with Crippen molar-refractivity contribution in [3.63, 3.8) is 0 Å². The van der Waals surface area contributed by atoms with Crippen molar-refractivity contribution in [2.75, 3.05) is 30.1 Å². The number of fused-ring (bicyclic) bond motifs is 1. The molecule has 2 aliphatic heterocycles. The molecule has 3 amide bonds. The molecule has 2 aromatic carbocycles. The number of nitrogens with zero attached hydrogens (tertiary/aromatic N) is 1. The fourth-order valence-corrected chi connectivity index (χ4v) is 3.38. The first-order valence-electron chi connectivity index (χ1n) is 9.22. The number of hydrogen-bond acceptors (Lipinski definition) is 4. The minimum Gasteiger partial charge on any atom is -0.454 e. The first-order valence-corrected chi connectivity index (χ1v) is 9.22. The Bertz CT molecular complexity index is 963. The van der Waals surface area contributed by atoms with Crippen LogP contribution in [0.15, 0.2) is 42.5 Å². The fourth-order valence-electron chi connectivity index (χ4n) is 3.38. The van der Waals surface area contributed by atoms with Crippen molar-refractivity contribution in [2.24, 2.45) is 5.92 Å². The van der Waals surface area contributed by atoms with Crippen LogP contribution >= 0.6 is 0 Å².